The second-order valence-electron chi connectivity index (χ2n) is 7.12. The first kappa shape index (κ1) is 14.7. The molecule has 0 saturated carbocycles. The summed E-state index contributed by atoms with van der Waals surface area (Å²) in [6.07, 6.45) is 5.79. The number of nitrogens with one attached hydrogen (secondary N) is 2. The highest BCUT2D eigenvalue weighted by Crippen LogP contribution is 2.23. The zero-order valence-electron chi connectivity index (χ0n) is 14.1. The molecule has 0 unspecified atom stereocenters. The summed E-state index contributed by atoms with van der Waals surface area (Å²) in [7, 11) is 0. The van der Waals surface area contributed by atoms with Crippen molar-refractivity contribution in [3.8, 4) is 0 Å². The standard InChI is InChI=1S/C20H20N4/c1-20(2,3)14-7-4-13(5-8-14)6-9-19-23-17-10-15-16(22-12-21-15)11-18(17)24-19/h4-12H,1-3H3,(H,21,22)(H,23,24). The Hall–Kier alpha value is -2.88. The molecule has 4 aromatic rings. The number of aromatic nitrogens is 4. The highest BCUT2D eigenvalue weighted by atomic mass is 14.9. The van der Waals surface area contributed by atoms with Gasteiger partial charge in [-0.15, -0.1) is 0 Å². The number of fused-ring (bicyclic) bond motifs is 2. The van der Waals surface area contributed by atoms with Gasteiger partial charge in [-0.2, -0.15) is 0 Å². The van der Waals surface area contributed by atoms with Crippen LogP contribution in [0.1, 0.15) is 37.7 Å². The fraction of sp³-hybridized carbons (Fsp3) is 0.200. The van der Waals surface area contributed by atoms with E-state index in [1.807, 2.05) is 18.2 Å². The first-order valence-electron chi connectivity index (χ1n) is 8.10. The van der Waals surface area contributed by atoms with Crippen molar-refractivity contribution in [2.45, 2.75) is 26.2 Å². The van der Waals surface area contributed by atoms with Crippen molar-refractivity contribution >= 4 is 34.2 Å². The molecule has 2 aromatic carbocycles. The van der Waals surface area contributed by atoms with E-state index < -0.39 is 0 Å². The highest BCUT2D eigenvalue weighted by molar-refractivity contribution is 5.91. The number of imidazole rings is 2. The van der Waals surface area contributed by atoms with E-state index in [9.17, 15) is 0 Å². The van der Waals surface area contributed by atoms with Gasteiger partial charge in [0.2, 0.25) is 0 Å². The SMILES string of the molecule is CC(C)(C)c1ccc(C=Cc2nc3cc4nc[nH]c4cc3[nH]2)cc1. The maximum atomic E-state index is 4.62. The maximum absolute atomic E-state index is 4.62. The van der Waals surface area contributed by atoms with Crippen molar-refractivity contribution < 1.29 is 0 Å². The first-order chi connectivity index (χ1) is 11.5. The van der Waals surface area contributed by atoms with Crippen LogP contribution in [0.5, 0.6) is 0 Å². The molecule has 0 fully saturated rings. The Balaban J connectivity index is 1.62. The van der Waals surface area contributed by atoms with Gasteiger partial charge >= 0.3 is 0 Å². The molecule has 4 nitrogen and oxygen atoms in total. The lowest BCUT2D eigenvalue weighted by atomic mass is 9.87. The average Bonchev–Trinajstić information content (AvgIpc) is 3.15. The predicted molar refractivity (Wildman–Crippen MR) is 99.8 cm³/mol. The average molecular weight is 316 g/mol. The van der Waals surface area contributed by atoms with E-state index in [0.29, 0.717) is 0 Å². The van der Waals surface area contributed by atoms with Crippen LogP contribution in [0, 0.1) is 0 Å². The summed E-state index contributed by atoms with van der Waals surface area (Å²) < 4.78 is 0. The van der Waals surface area contributed by atoms with Gasteiger partial charge in [0.1, 0.15) is 5.82 Å². The minimum Gasteiger partial charge on any atom is -0.345 e. The topological polar surface area (TPSA) is 57.4 Å². The zero-order valence-corrected chi connectivity index (χ0v) is 14.1. The summed E-state index contributed by atoms with van der Waals surface area (Å²) in [4.78, 5) is 15.3. The molecule has 2 aromatic heterocycles. The van der Waals surface area contributed by atoms with Crippen molar-refractivity contribution in [3.63, 3.8) is 0 Å². The van der Waals surface area contributed by atoms with Crippen LogP contribution in [0.3, 0.4) is 0 Å². The predicted octanol–water partition coefficient (Wildman–Crippen LogP) is 4.91. The summed E-state index contributed by atoms with van der Waals surface area (Å²) in [5.41, 5.74) is 6.56. The lowest BCUT2D eigenvalue weighted by Gasteiger charge is -2.18. The van der Waals surface area contributed by atoms with Gasteiger partial charge < -0.3 is 9.97 Å². The molecule has 2 heterocycles. The van der Waals surface area contributed by atoms with E-state index in [0.717, 1.165) is 33.5 Å². The fourth-order valence-corrected chi connectivity index (χ4v) is 2.81. The van der Waals surface area contributed by atoms with E-state index in [4.69, 9.17) is 0 Å². The third kappa shape index (κ3) is 2.71. The van der Waals surface area contributed by atoms with Gasteiger partial charge in [-0.1, -0.05) is 51.1 Å². The summed E-state index contributed by atoms with van der Waals surface area (Å²) >= 11 is 0. The molecular weight excluding hydrogens is 296 g/mol. The quantitative estimate of drug-likeness (QED) is 0.552. The molecule has 4 rings (SSSR count). The number of benzene rings is 2. The summed E-state index contributed by atoms with van der Waals surface area (Å²) in [5, 5.41) is 0. The number of H-pyrrole nitrogens is 2. The van der Waals surface area contributed by atoms with Crippen molar-refractivity contribution in [2.24, 2.45) is 0 Å². The van der Waals surface area contributed by atoms with Crippen molar-refractivity contribution in [2.75, 3.05) is 0 Å². The summed E-state index contributed by atoms with van der Waals surface area (Å²) in [6.45, 7) is 6.67. The normalized spacial score (nSPS) is 12.6. The van der Waals surface area contributed by atoms with Gasteiger partial charge in [-0.3, -0.25) is 0 Å². The van der Waals surface area contributed by atoms with Crippen LogP contribution in [-0.2, 0) is 5.41 Å². The molecule has 0 radical (unpaired) electrons. The highest BCUT2D eigenvalue weighted by Gasteiger charge is 2.12. The lowest BCUT2D eigenvalue weighted by molar-refractivity contribution is 0.590. The van der Waals surface area contributed by atoms with Gasteiger partial charge in [0.15, 0.2) is 0 Å². The van der Waals surface area contributed by atoms with Crippen molar-refractivity contribution in [1.82, 2.24) is 19.9 Å². The monoisotopic (exact) mass is 316 g/mol. The molecule has 120 valence electrons. The molecular formula is C20H20N4. The Morgan fingerprint density at radius 1 is 0.917 bits per heavy atom. The van der Waals surface area contributed by atoms with Gasteiger partial charge in [0.25, 0.3) is 0 Å². The Kier molecular flexibility index (Phi) is 3.27. The number of rotatable bonds is 2. The van der Waals surface area contributed by atoms with Crippen molar-refractivity contribution in [3.05, 3.63) is 59.7 Å². The summed E-state index contributed by atoms with van der Waals surface area (Å²) in [6, 6.07) is 12.7. The smallest absolute Gasteiger partial charge is 0.131 e. The Morgan fingerprint density at radius 2 is 1.71 bits per heavy atom. The van der Waals surface area contributed by atoms with Crippen LogP contribution < -0.4 is 0 Å². The molecule has 0 spiro atoms. The van der Waals surface area contributed by atoms with E-state index >= 15 is 0 Å². The molecule has 0 saturated heterocycles. The Bertz CT molecular complexity index is 979. The molecule has 0 atom stereocenters. The minimum atomic E-state index is 0.178. The van der Waals surface area contributed by atoms with E-state index in [1.54, 1.807) is 6.33 Å². The number of hydrogen-bond acceptors (Lipinski definition) is 2. The fourth-order valence-electron chi connectivity index (χ4n) is 2.81. The van der Waals surface area contributed by atoms with Crippen LogP contribution in [0.4, 0.5) is 0 Å². The van der Waals surface area contributed by atoms with E-state index in [1.165, 1.54) is 5.56 Å². The zero-order chi connectivity index (χ0) is 16.7. The first-order valence-corrected chi connectivity index (χ1v) is 8.10. The van der Waals surface area contributed by atoms with Crippen LogP contribution in [0.25, 0.3) is 34.2 Å². The largest absolute Gasteiger partial charge is 0.345 e. The van der Waals surface area contributed by atoms with Gasteiger partial charge in [-0.25, -0.2) is 9.97 Å². The number of aromatic amines is 2. The molecule has 0 aliphatic heterocycles. The summed E-state index contributed by atoms with van der Waals surface area (Å²) in [5.74, 6) is 0.845. The molecule has 0 aliphatic carbocycles. The van der Waals surface area contributed by atoms with E-state index in [-0.39, 0.29) is 5.41 Å². The Morgan fingerprint density at radius 3 is 2.46 bits per heavy atom. The van der Waals surface area contributed by atoms with Gasteiger partial charge in [-0.05, 0) is 34.8 Å². The van der Waals surface area contributed by atoms with Gasteiger partial charge in [0, 0.05) is 0 Å². The lowest BCUT2D eigenvalue weighted by Crippen LogP contribution is -2.10. The molecule has 4 heteroatoms. The minimum absolute atomic E-state index is 0.178. The second kappa shape index (κ2) is 5.34. The van der Waals surface area contributed by atoms with Crippen molar-refractivity contribution in [1.29, 1.82) is 0 Å². The second-order valence-corrected chi connectivity index (χ2v) is 7.12. The maximum Gasteiger partial charge on any atom is 0.131 e. The van der Waals surface area contributed by atoms with Crippen LogP contribution in [0.2, 0.25) is 0 Å². The third-order valence-corrected chi connectivity index (χ3v) is 4.25. The van der Waals surface area contributed by atoms with Gasteiger partial charge in [0.05, 0.1) is 28.4 Å². The van der Waals surface area contributed by atoms with Crippen LogP contribution >= 0.6 is 0 Å². The molecule has 2 N–H and O–H groups in total. The van der Waals surface area contributed by atoms with E-state index in [2.05, 4.69) is 71.0 Å². The molecule has 24 heavy (non-hydrogen) atoms. The molecule has 0 amide bonds. The van der Waals surface area contributed by atoms with Crippen LogP contribution in [0.15, 0.2) is 42.7 Å². The number of nitrogens with zero attached hydrogens (tertiary/aromatic N) is 2. The van der Waals surface area contributed by atoms with Crippen LogP contribution in [-0.4, -0.2) is 19.9 Å². The third-order valence-electron chi connectivity index (χ3n) is 4.25. The molecule has 0 aliphatic rings. The number of hydrogen-bond donors (Lipinski definition) is 2. The Labute approximate surface area is 140 Å². The molecule has 0 bridgehead atoms.